The molecule has 0 aliphatic heterocycles. The van der Waals surface area contributed by atoms with Crippen molar-refractivity contribution >= 4 is 0 Å². The highest BCUT2D eigenvalue weighted by Gasteiger charge is 2.34. The van der Waals surface area contributed by atoms with Gasteiger partial charge < -0.3 is 15.2 Å². The zero-order chi connectivity index (χ0) is 9.73. The van der Waals surface area contributed by atoms with Gasteiger partial charge in [-0.15, -0.1) is 0 Å². The molecule has 1 aliphatic rings. The molecular formula is C10H21NO2. The van der Waals surface area contributed by atoms with Crippen LogP contribution in [0.5, 0.6) is 0 Å². The molecule has 1 saturated carbocycles. The molecule has 0 aromatic heterocycles. The van der Waals surface area contributed by atoms with Gasteiger partial charge in [-0.05, 0) is 25.2 Å². The lowest BCUT2D eigenvalue weighted by Gasteiger charge is -2.22. The third kappa shape index (κ3) is 3.63. The third-order valence-electron chi connectivity index (χ3n) is 2.77. The SMILES string of the molecule is COCCNCC1(O)CCC(C)C1. The van der Waals surface area contributed by atoms with E-state index < -0.39 is 5.60 Å². The molecule has 0 bridgehead atoms. The molecule has 1 fully saturated rings. The fraction of sp³-hybridized carbons (Fsp3) is 1.00. The van der Waals surface area contributed by atoms with Crippen molar-refractivity contribution in [2.45, 2.75) is 31.8 Å². The molecule has 0 spiro atoms. The zero-order valence-corrected chi connectivity index (χ0v) is 8.68. The van der Waals surface area contributed by atoms with Gasteiger partial charge in [0.25, 0.3) is 0 Å². The summed E-state index contributed by atoms with van der Waals surface area (Å²) in [5.41, 5.74) is -0.451. The van der Waals surface area contributed by atoms with Gasteiger partial charge >= 0.3 is 0 Å². The average molecular weight is 187 g/mol. The van der Waals surface area contributed by atoms with Crippen LogP contribution >= 0.6 is 0 Å². The standard InChI is InChI=1S/C10H21NO2/c1-9-3-4-10(12,7-9)8-11-5-6-13-2/h9,11-12H,3-8H2,1-2H3. The van der Waals surface area contributed by atoms with Crippen LogP contribution in [0.25, 0.3) is 0 Å². The molecule has 0 heterocycles. The molecule has 0 aromatic carbocycles. The van der Waals surface area contributed by atoms with E-state index >= 15 is 0 Å². The molecule has 0 amide bonds. The molecule has 0 saturated heterocycles. The largest absolute Gasteiger partial charge is 0.389 e. The highest BCUT2D eigenvalue weighted by molar-refractivity contribution is 4.89. The minimum Gasteiger partial charge on any atom is -0.389 e. The summed E-state index contributed by atoms with van der Waals surface area (Å²) in [6.07, 6.45) is 3.03. The van der Waals surface area contributed by atoms with Gasteiger partial charge in [0.05, 0.1) is 12.2 Å². The monoisotopic (exact) mass is 187 g/mol. The van der Waals surface area contributed by atoms with E-state index in [2.05, 4.69) is 12.2 Å². The molecule has 1 rings (SSSR count). The quantitative estimate of drug-likeness (QED) is 0.625. The fourth-order valence-electron chi connectivity index (χ4n) is 2.02. The number of ether oxygens (including phenoxy) is 1. The van der Waals surface area contributed by atoms with E-state index in [0.29, 0.717) is 19.1 Å². The number of hydrogen-bond acceptors (Lipinski definition) is 3. The van der Waals surface area contributed by atoms with Gasteiger partial charge in [0.1, 0.15) is 0 Å². The lowest BCUT2D eigenvalue weighted by atomic mass is 10.0. The zero-order valence-electron chi connectivity index (χ0n) is 8.68. The maximum absolute atomic E-state index is 10.1. The molecule has 2 N–H and O–H groups in total. The van der Waals surface area contributed by atoms with Crippen molar-refractivity contribution in [2.24, 2.45) is 5.92 Å². The van der Waals surface area contributed by atoms with Gasteiger partial charge in [0.15, 0.2) is 0 Å². The first-order valence-corrected chi connectivity index (χ1v) is 5.08. The van der Waals surface area contributed by atoms with Crippen LogP contribution in [0, 0.1) is 5.92 Å². The summed E-state index contributed by atoms with van der Waals surface area (Å²) in [4.78, 5) is 0. The number of hydrogen-bond donors (Lipinski definition) is 2. The third-order valence-corrected chi connectivity index (χ3v) is 2.77. The van der Waals surface area contributed by atoms with Crippen LogP contribution in [0.15, 0.2) is 0 Å². The molecule has 13 heavy (non-hydrogen) atoms. The van der Waals surface area contributed by atoms with E-state index in [9.17, 15) is 5.11 Å². The average Bonchev–Trinajstić information content (AvgIpc) is 2.41. The molecule has 78 valence electrons. The highest BCUT2D eigenvalue weighted by Crippen LogP contribution is 2.33. The predicted octanol–water partition coefficient (Wildman–Crippen LogP) is 0.773. The number of aliphatic hydroxyl groups is 1. The van der Waals surface area contributed by atoms with Crippen LogP contribution in [0.2, 0.25) is 0 Å². The molecule has 0 aromatic rings. The Morgan fingerprint density at radius 3 is 2.92 bits per heavy atom. The Labute approximate surface area is 80.5 Å². The predicted molar refractivity (Wildman–Crippen MR) is 52.7 cm³/mol. The summed E-state index contributed by atoms with van der Waals surface area (Å²) < 4.78 is 4.92. The van der Waals surface area contributed by atoms with Crippen molar-refractivity contribution in [1.82, 2.24) is 5.32 Å². The van der Waals surface area contributed by atoms with Crippen LogP contribution in [-0.4, -0.2) is 37.5 Å². The Morgan fingerprint density at radius 1 is 1.62 bits per heavy atom. The van der Waals surface area contributed by atoms with Crippen molar-refractivity contribution in [3.05, 3.63) is 0 Å². The molecular weight excluding hydrogens is 166 g/mol. The number of nitrogens with one attached hydrogen (secondary N) is 1. The Hall–Kier alpha value is -0.120. The molecule has 0 radical (unpaired) electrons. The van der Waals surface area contributed by atoms with Crippen LogP contribution < -0.4 is 5.32 Å². The summed E-state index contributed by atoms with van der Waals surface area (Å²) in [5.74, 6) is 0.675. The molecule has 2 atom stereocenters. The van der Waals surface area contributed by atoms with E-state index in [1.54, 1.807) is 7.11 Å². The first-order valence-electron chi connectivity index (χ1n) is 5.08. The second-order valence-electron chi connectivity index (χ2n) is 4.24. The summed E-state index contributed by atoms with van der Waals surface area (Å²) in [6.45, 7) is 4.45. The Bertz CT molecular complexity index is 152. The van der Waals surface area contributed by atoms with Crippen LogP contribution in [0.1, 0.15) is 26.2 Å². The Balaban J connectivity index is 2.12. The minimum atomic E-state index is -0.451. The first-order chi connectivity index (χ1) is 6.16. The number of methoxy groups -OCH3 is 1. The highest BCUT2D eigenvalue weighted by atomic mass is 16.5. The molecule has 2 unspecified atom stereocenters. The van der Waals surface area contributed by atoms with Gasteiger partial charge in [0.2, 0.25) is 0 Å². The van der Waals surface area contributed by atoms with Crippen molar-refractivity contribution in [1.29, 1.82) is 0 Å². The van der Waals surface area contributed by atoms with E-state index in [1.807, 2.05) is 0 Å². The summed E-state index contributed by atoms with van der Waals surface area (Å²) in [5, 5.41) is 13.3. The lowest BCUT2D eigenvalue weighted by Crippen LogP contribution is -2.39. The van der Waals surface area contributed by atoms with E-state index in [4.69, 9.17) is 4.74 Å². The second kappa shape index (κ2) is 4.94. The maximum Gasteiger partial charge on any atom is 0.0774 e. The normalized spacial score (nSPS) is 33.9. The Morgan fingerprint density at radius 2 is 2.38 bits per heavy atom. The minimum absolute atomic E-state index is 0.451. The second-order valence-corrected chi connectivity index (χ2v) is 4.24. The molecule has 3 heteroatoms. The van der Waals surface area contributed by atoms with Crippen LogP contribution in [0.3, 0.4) is 0 Å². The van der Waals surface area contributed by atoms with E-state index in [1.165, 1.54) is 0 Å². The van der Waals surface area contributed by atoms with Gasteiger partial charge in [-0.1, -0.05) is 6.92 Å². The lowest BCUT2D eigenvalue weighted by molar-refractivity contribution is 0.0427. The van der Waals surface area contributed by atoms with Gasteiger partial charge in [-0.2, -0.15) is 0 Å². The smallest absolute Gasteiger partial charge is 0.0774 e. The van der Waals surface area contributed by atoms with Crippen molar-refractivity contribution < 1.29 is 9.84 Å². The van der Waals surface area contributed by atoms with Crippen molar-refractivity contribution in [2.75, 3.05) is 26.8 Å². The van der Waals surface area contributed by atoms with Crippen LogP contribution in [0.4, 0.5) is 0 Å². The fourth-order valence-corrected chi connectivity index (χ4v) is 2.02. The van der Waals surface area contributed by atoms with Crippen molar-refractivity contribution in [3.8, 4) is 0 Å². The van der Waals surface area contributed by atoms with Gasteiger partial charge in [-0.25, -0.2) is 0 Å². The summed E-state index contributed by atoms with van der Waals surface area (Å²) in [7, 11) is 1.69. The molecule has 1 aliphatic carbocycles. The number of rotatable bonds is 5. The van der Waals surface area contributed by atoms with Gasteiger partial charge in [-0.3, -0.25) is 0 Å². The topological polar surface area (TPSA) is 41.5 Å². The first kappa shape index (κ1) is 11.0. The van der Waals surface area contributed by atoms with E-state index in [0.717, 1.165) is 25.8 Å². The summed E-state index contributed by atoms with van der Waals surface area (Å²) in [6, 6.07) is 0. The summed E-state index contributed by atoms with van der Waals surface area (Å²) >= 11 is 0. The van der Waals surface area contributed by atoms with Gasteiger partial charge in [0, 0.05) is 20.2 Å². The van der Waals surface area contributed by atoms with Crippen molar-refractivity contribution in [3.63, 3.8) is 0 Å². The van der Waals surface area contributed by atoms with E-state index in [-0.39, 0.29) is 0 Å². The maximum atomic E-state index is 10.1. The van der Waals surface area contributed by atoms with Crippen LogP contribution in [-0.2, 0) is 4.74 Å². The Kier molecular flexibility index (Phi) is 4.16. The molecule has 3 nitrogen and oxygen atoms in total.